The Labute approximate surface area is 196 Å². The van der Waals surface area contributed by atoms with Gasteiger partial charge >= 0.3 is 0 Å². The van der Waals surface area contributed by atoms with Crippen molar-refractivity contribution in [2.45, 2.75) is 13.8 Å². The van der Waals surface area contributed by atoms with Gasteiger partial charge in [-0.2, -0.15) is 0 Å². The third-order valence-corrected chi connectivity index (χ3v) is 7.81. The van der Waals surface area contributed by atoms with Crippen LogP contribution in [-0.4, -0.2) is 0 Å². The van der Waals surface area contributed by atoms with Gasteiger partial charge < -0.3 is 0 Å². The van der Waals surface area contributed by atoms with Crippen LogP contribution in [0.1, 0.15) is 23.6 Å². The second-order valence-corrected chi connectivity index (χ2v) is 9.75. The minimum atomic E-state index is 1.33. The molecule has 0 amide bonds. The van der Waals surface area contributed by atoms with Crippen molar-refractivity contribution in [3.05, 3.63) is 107 Å². The van der Waals surface area contributed by atoms with Gasteiger partial charge in [-0.05, 0) is 48.9 Å². The predicted molar refractivity (Wildman–Crippen MR) is 149 cm³/mol. The number of hydrogen-bond acceptors (Lipinski definition) is 2. The van der Waals surface area contributed by atoms with Crippen LogP contribution >= 0.6 is 22.7 Å². The van der Waals surface area contributed by atoms with Crippen LogP contribution in [0.2, 0.25) is 0 Å². The lowest BCUT2D eigenvalue weighted by molar-refractivity contribution is 1.73. The first-order valence-corrected chi connectivity index (χ1v) is 12.5. The first kappa shape index (κ1) is 20.7. The van der Waals surface area contributed by atoms with Crippen LogP contribution < -0.4 is 0 Å². The minimum absolute atomic E-state index is 1.33. The fourth-order valence-corrected chi connectivity index (χ4v) is 6.60. The summed E-state index contributed by atoms with van der Waals surface area (Å²) >= 11 is 3.77. The second-order valence-electron chi connectivity index (χ2n) is 7.58. The normalized spacial score (nSPS) is 13.8. The molecule has 0 aliphatic heterocycles. The number of fused-ring (bicyclic) bond motifs is 2. The van der Waals surface area contributed by atoms with Gasteiger partial charge in [0.25, 0.3) is 0 Å². The summed E-state index contributed by atoms with van der Waals surface area (Å²) in [6.45, 7) is 4.07. The standard InChI is InChI=1S/C30H24S2/c1-3-5-7-9-11-17-23-27-21-15-13-20-26-30(21)28(22-16-14-19-25(31-23)29(22)27)24(32-26)18-12-10-8-6-4-2/h3-20H,1-2H3/b5-3+,6-4+,9-7+,10-8+,17-11+,18-12+. The maximum absolute atomic E-state index is 2.29. The smallest absolute Gasteiger partial charge is 0.0361 e. The van der Waals surface area contributed by atoms with Gasteiger partial charge in [-0.25, -0.2) is 0 Å². The SMILES string of the molecule is C/C=C/C=C/C=C/c1sc2cccc3c4c(/C=C/C=C/C=C/C)sc5cccc(c1c23)c54. The van der Waals surface area contributed by atoms with E-state index in [0.29, 0.717) is 0 Å². The van der Waals surface area contributed by atoms with Gasteiger partial charge in [-0.15, -0.1) is 22.7 Å². The molecular formula is C30H24S2. The number of rotatable bonds is 6. The Hall–Kier alpha value is -3.20. The van der Waals surface area contributed by atoms with Crippen LogP contribution in [0.25, 0.3) is 53.9 Å². The van der Waals surface area contributed by atoms with Crippen LogP contribution in [0.5, 0.6) is 0 Å². The van der Waals surface area contributed by atoms with Gasteiger partial charge in [0.05, 0.1) is 0 Å². The minimum Gasteiger partial charge on any atom is -0.135 e. The quantitative estimate of drug-likeness (QED) is 0.179. The number of thiophene rings is 2. The van der Waals surface area contributed by atoms with E-state index in [4.69, 9.17) is 0 Å². The molecule has 0 aliphatic carbocycles. The third-order valence-electron chi connectivity index (χ3n) is 5.57. The van der Waals surface area contributed by atoms with Crippen LogP contribution in [0.15, 0.2) is 97.2 Å². The molecule has 0 bridgehead atoms. The Morgan fingerprint density at radius 2 is 0.938 bits per heavy atom. The van der Waals surface area contributed by atoms with E-state index in [1.165, 1.54) is 51.5 Å². The molecule has 0 fully saturated rings. The molecule has 0 nitrogen and oxygen atoms in total. The highest BCUT2D eigenvalue weighted by Crippen LogP contribution is 2.49. The summed E-state index contributed by atoms with van der Waals surface area (Å²) in [6.07, 6.45) is 25.3. The van der Waals surface area contributed by atoms with Crippen molar-refractivity contribution < 1.29 is 0 Å². The van der Waals surface area contributed by atoms with Crippen molar-refractivity contribution in [3.8, 4) is 0 Å². The molecule has 0 radical (unpaired) electrons. The molecule has 5 rings (SSSR count). The Kier molecular flexibility index (Phi) is 5.89. The number of benzene rings is 3. The van der Waals surface area contributed by atoms with Gasteiger partial charge in [-0.1, -0.05) is 85.0 Å². The molecule has 3 aromatic carbocycles. The first-order valence-electron chi connectivity index (χ1n) is 10.9. The van der Waals surface area contributed by atoms with Crippen molar-refractivity contribution >= 4 is 76.5 Å². The van der Waals surface area contributed by atoms with E-state index in [1.54, 1.807) is 0 Å². The third kappa shape index (κ3) is 3.56. The van der Waals surface area contributed by atoms with Crippen molar-refractivity contribution in [1.82, 2.24) is 0 Å². The maximum Gasteiger partial charge on any atom is 0.0361 e. The highest BCUT2D eigenvalue weighted by Gasteiger charge is 2.19. The Morgan fingerprint density at radius 1 is 0.500 bits per heavy atom. The Morgan fingerprint density at radius 3 is 1.38 bits per heavy atom. The highest BCUT2D eigenvalue weighted by molar-refractivity contribution is 7.22. The summed E-state index contributed by atoms with van der Waals surface area (Å²) in [5.74, 6) is 0. The first-order chi connectivity index (χ1) is 15.8. The highest BCUT2D eigenvalue weighted by atomic mass is 32.1. The zero-order valence-electron chi connectivity index (χ0n) is 18.2. The molecule has 2 heteroatoms. The van der Waals surface area contributed by atoms with Gasteiger partial charge in [0.15, 0.2) is 0 Å². The monoisotopic (exact) mass is 448 g/mol. The Bertz CT molecular complexity index is 1450. The van der Waals surface area contributed by atoms with Gasteiger partial charge in [-0.3, -0.25) is 0 Å². The molecule has 32 heavy (non-hydrogen) atoms. The van der Waals surface area contributed by atoms with Crippen LogP contribution in [0.3, 0.4) is 0 Å². The molecule has 2 heterocycles. The lowest BCUT2D eigenvalue weighted by atomic mass is 9.94. The van der Waals surface area contributed by atoms with E-state index in [0.717, 1.165) is 0 Å². The summed E-state index contributed by atoms with van der Waals surface area (Å²) in [5, 5.41) is 8.28. The topological polar surface area (TPSA) is 0 Å². The van der Waals surface area contributed by atoms with Crippen LogP contribution in [-0.2, 0) is 0 Å². The largest absolute Gasteiger partial charge is 0.135 e. The lowest BCUT2D eigenvalue weighted by Gasteiger charge is -2.07. The molecule has 5 aromatic rings. The molecule has 0 N–H and O–H groups in total. The molecule has 0 aliphatic rings. The summed E-state index contributed by atoms with van der Waals surface area (Å²) in [7, 11) is 0. The fraction of sp³-hybridized carbons (Fsp3) is 0.0667. The molecule has 156 valence electrons. The molecule has 0 atom stereocenters. The fourth-order valence-electron chi connectivity index (χ4n) is 4.28. The van der Waals surface area contributed by atoms with Crippen molar-refractivity contribution in [2.24, 2.45) is 0 Å². The number of hydrogen-bond donors (Lipinski definition) is 0. The van der Waals surface area contributed by atoms with Crippen molar-refractivity contribution in [2.75, 3.05) is 0 Å². The predicted octanol–water partition coefficient (Wildman–Crippen LogP) is 10.2. The molecule has 0 spiro atoms. The zero-order valence-corrected chi connectivity index (χ0v) is 19.8. The van der Waals surface area contributed by atoms with Crippen LogP contribution in [0.4, 0.5) is 0 Å². The van der Waals surface area contributed by atoms with Gasteiger partial charge in [0.1, 0.15) is 0 Å². The van der Waals surface area contributed by atoms with Gasteiger partial charge in [0, 0.05) is 40.7 Å². The van der Waals surface area contributed by atoms with E-state index >= 15 is 0 Å². The maximum atomic E-state index is 2.29. The summed E-state index contributed by atoms with van der Waals surface area (Å²) in [5.41, 5.74) is 0. The van der Waals surface area contributed by atoms with E-state index in [1.807, 2.05) is 48.7 Å². The average molecular weight is 449 g/mol. The molecule has 0 unspecified atom stereocenters. The summed E-state index contributed by atoms with van der Waals surface area (Å²) in [6, 6.07) is 13.5. The average Bonchev–Trinajstić information content (AvgIpc) is 3.37. The van der Waals surface area contributed by atoms with E-state index < -0.39 is 0 Å². The summed E-state index contributed by atoms with van der Waals surface area (Å²) < 4.78 is 2.71. The molecular weight excluding hydrogens is 424 g/mol. The van der Waals surface area contributed by atoms with E-state index in [-0.39, 0.29) is 0 Å². The van der Waals surface area contributed by atoms with Crippen molar-refractivity contribution in [3.63, 3.8) is 0 Å². The molecule has 0 saturated carbocycles. The summed E-state index contributed by atoms with van der Waals surface area (Å²) in [4.78, 5) is 2.65. The Balaban J connectivity index is 1.79. The molecule has 0 saturated heterocycles. The zero-order chi connectivity index (χ0) is 21.9. The lowest BCUT2D eigenvalue weighted by Crippen LogP contribution is -1.81. The van der Waals surface area contributed by atoms with E-state index in [2.05, 4.69) is 97.2 Å². The van der Waals surface area contributed by atoms with Crippen LogP contribution in [0, 0.1) is 0 Å². The molecule has 2 aromatic heterocycles. The second kappa shape index (κ2) is 9.12. The number of allylic oxidation sites excluding steroid dienone is 10. The van der Waals surface area contributed by atoms with Gasteiger partial charge in [0.2, 0.25) is 0 Å². The van der Waals surface area contributed by atoms with Crippen molar-refractivity contribution in [1.29, 1.82) is 0 Å². The van der Waals surface area contributed by atoms with E-state index in [9.17, 15) is 0 Å².